The Morgan fingerprint density at radius 3 is 1.69 bits per heavy atom. The van der Waals surface area contributed by atoms with Gasteiger partial charge >= 0.3 is 18.1 Å². The van der Waals surface area contributed by atoms with Gasteiger partial charge in [0.15, 0.2) is 5.92 Å². The number of esters is 2. The van der Waals surface area contributed by atoms with Crippen molar-refractivity contribution in [2.24, 2.45) is 11.8 Å². The molecule has 1 aliphatic carbocycles. The van der Waals surface area contributed by atoms with Crippen LogP contribution in [-0.2, 0) is 43.2 Å². The number of Topliss-reactive ketones (excluding diaryl/α,β-unsaturated/α-hetero) is 1. The van der Waals surface area contributed by atoms with Crippen molar-refractivity contribution in [2.45, 2.75) is 52.0 Å². The first-order valence-electron chi connectivity index (χ1n) is 12.8. The topological polar surface area (TPSA) is 69.7 Å². The minimum Gasteiger partial charge on any atom is -0.460 e. The Balaban J connectivity index is 0.00000205. The molecule has 3 aromatic carbocycles. The van der Waals surface area contributed by atoms with E-state index in [1.54, 1.807) is 48.5 Å². The highest BCUT2D eigenvalue weighted by Gasteiger charge is 2.48. The van der Waals surface area contributed by atoms with E-state index < -0.39 is 41.4 Å². The van der Waals surface area contributed by atoms with Crippen molar-refractivity contribution in [3.8, 4) is 0 Å². The first-order chi connectivity index (χ1) is 18.7. The highest BCUT2D eigenvalue weighted by molar-refractivity contribution is 5.98. The lowest BCUT2D eigenvalue weighted by atomic mass is 9.79. The maximum atomic E-state index is 13.2. The van der Waals surface area contributed by atoms with Gasteiger partial charge in [-0.1, -0.05) is 86.6 Å². The van der Waals surface area contributed by atoms with E-state index in [2.05, 4.69) is 0 Å². The van der Waals surface area contributed by atoms with E-state index in [9.17, 15) is 27.6 Å². The standard InChI is InChI=1S/C29H25F3O5.C2H6/c30-29(31,32)22-13-11-21(12-14-22)25-23(15-16-24(25)33)26(27(34)36-17-19-7-3-1-4-8-19)28(35)37-18-20-9-5-2-6-10-20;1-2/h1-14,23,25-26H,15-18H2;1-2H3. The summed E-state index contributed by atoms with van der Waals surface area (Å²) in [5, 5.41) is 0. The number of benzene rings is 3. The van der Waals surface area contributed by atoms with Gasteiger partial charge in [0.2, 0.25) is 0 Å². The number of carbonyl (C=O) groups excluding carboxylic acids is 3. The van der Waals surface area contributed by atoms with E-state index in [1.165, 1.54) is 12.1 Å². The predicted octanol–water partition coefficient (Wildman–Crippen LogP) is 6.90. The zero-order valence-electron chi connectivity index (χ0n) is 21.8. The van der Waals surface area contributed by atoms with Gasteiger partial charge in [-0.05, 0) is 41.2 Å². The van der Waals surface area contributed by atoms with Crippen molar-refractivity contribution in [1.29, 1.82) is 0 Å². The van der Waals surface area contributed by atoms with Crippen LogP contribution >= 0.6 is 0 Å². The Bertz CT molecular complexity index is 1170. The summed E-state index contributed by atoms with van der Waals surface area (Å²) in [7, 11) is 0. The maximum Gasteiger partial charge on any atom is 0.416 e. The number of hydrogen-bond donors (Lipinski definition) is 0. The fourth-order valence-electron chi connectivity index (χ4n) is 4.62. The SMILES string of the molecule is CC.O=C(OCc1ccccc1)C(C(=O)OCc1ccccc1)C1CCC(=O)C1c1ccc(C(F)(F)F)cc1. The number of alkyl halides is 3. The Morgan fingerprint density at radius 2 is 1.26 bits per heavy atom. The molecule has 0 aliphatic heterocycles. The van der Waals surface area contributed by atoms with Crippen molar-refractivity contribution in [3.05, 3.63) is 107 Å². The molecule has 3 aromatic rings. The lowest BCUT2D eigenvalue weighted by Crippen LogP contribution is -2.36. The number of rotatable bonds is 8. The maximum absolute atomic E-state index is 13.2. The second kappa shape index (κ2) is 13.7. The summed E-state index contributed by atoms with van der Waals surface area (Å²) >= 11 is 0. The quantitative estimate of drug-likeness (QED) is 0.230. The zero-order valence-corrected chi connectivity index (χ0v) is 21.8. The van der Waals surface area contributed by atoms with Crippen LogP contribution < -0.4 is 0 Å². The highest BCUT2D eigenvalue weighted by Crippen LogP contribution is 2.43. The van der Waals surface area contributed by atoms with Gasteiger partial charge in [-0.25, -0.2) is 0 Å². The molecule has 5 nitrogen and oxygen atoms in total. The normalized spacial score (nSPS) is 16.8. The summed E-state index contributed by atoms with van der Waals surface area (Å²) in [5.41, 5.74) is 0.902. The minimum atomic E-state index is -4.53. The molecular weight excluding hydrogens is 509 g/mol. The molecule has 1 saturated carbocycles. The fourth-order valence-corrected chi connectivity index (χ4v) is 4.62. The molecule has 0 saturated heterocycles. The highest BCUT2D eigenvalue weighted by atomic mass is 19.4. The Kier molecular flexibility index (Phi) is 10.4. The monoisotopic (exact) mass is 540 g/mol. The molecule has 2 atom stereocenters. The molecule has 1 fully saturated rings. The van der Waals surface area contributed by atoms with E-state index in [0.29, 0.717) is 16.7 Å². The number of carbonyl (C=O) groups is 3. The molecule has 0 radical (unpaired) electrons. The first kappa shape index (κ1) is 29.6. The summed E-state index contributed by atoms with van der Waals surface area (Å²) < 4.78 is 50.1. The van der Waals surface area contributed by atoms with Gasteiger partial charge in [-0.3, -0.25) is 14.4 Å². The van der Waals surface area contributed by atoms with E-state index in [-0.39, 0.29) is 31.8 Å². The molecule has 0 N–H and O–H groups in total. The van der Waals surface area contributed by atoms with Gasteiger partial charge in [0.05, 0.1) is 5.56 Å². The third-order valence-corrected chi connectivity index (χ3v) is 6.48. The van der Waals surface area contributed by atoms with Crippen LogP contribution in [0.3, 0.4) is 0 Å². The molecule has 4 rings (SSSR count). The van der Waals surface area contributed by atoms with E-state index in [4.69, 9.17) is 9.47 Å². The van der Waals surface area contributed by atoms with Gasteiger partial charge in [-0.15, -0.1) is 0 Å². The second-order valence-electron chi connectivity index (χ2n) is 8.93. The average Bonchev–Trinajstić information content (AvgIpc) is 3.33. The number of hydrogen-bond acceptors (Lipinski definition) is 5. The van der Waals surface area contributed by atoms with Crippen LogP contribution in [0.2, 0.25) is 0 Å². The minimum absolute atomic E-state index is 0.0756. The van der Waals surface area contributed by atoms with Crippen LogP contribution in [0, 0.1) is 11.8 Å². The number of ketones is 1. The van der Waals surface area contributed by atoms with Crippen LogP contribution in [0.15, 0.2) is 84.9 Å². The molecule has 0 spiro atoms. The van der Waals surface area contributed by atoms with E-state index in [0.717, 1.165) is 12.1 Å². The zero-order chi connectivity index (χ0) is 28.4. The summed E-state index contributed by atoms with van der Waals surface area (Å²) in [6.07, 6.45) is -4.23. The summed E-state index contributed by atoms with van der Waals surface area (Å²) in [6, 6.07) is 22.1. The predicted molar refractivity (Wildman–Crippen MR) is 139 cm³/mol. The Hall–Kier alpha value is -3.94. The van der Waals surface area contributed by atoms with Crippen LogP contribution in [0.25, 0.3) is 0 Å². The lowest BCUT2D eigenvalue weighted by Gasteiger charge is -2.26. The molecule has 39 heavy (non-hydrogen) atoms. The first-order valence-corrected chi connectivity index (χ1v) is 12.8. The third-order valence-electron chi connectivity index (χ3n) is 6.48. The molecule has 0 bridgehead atoms. The molecule has 206 valence electrons. The van der Waals surface area contributed by atoms with Crippen LogP contribution in [0.4, 0.5) is 13.2 Å². The van der Waals surface area contributed by atoms with Crippen LogP contribution in [0.1, 0.15) is 54.9 Å². The Morgan fingerprint density at radius 1 is 0.795 bits per heavy atom. The van der Waals surface area contributed by atoms with Crippen molar-refractivity contribution in [2.75, 3.05) is 0 Å². The summed E-state index contributed by atoms with van der Waals surface area (Å²) in [4.78, 5) is 39.3. The largest absolute Gasteiger partial charge is 0.460 e. The van der Waals surface area contributed by atoms with Crippen molar-refractivity contribution in [1.82, 2.24) is 0 Å². The van der Waals surface area contributed by atoms with Gasteiger partial charge in [0, 0.05) is 12.3 Å². The van der Waals surface area contributed by atoms with Crippen LogP contribution in [0.5, 0.6) is 0 Å². The molecular formula is C31H31F3O5. The van der Waals surface area contributed by atoms with Crippen molar-refractivity contribution >= 4 is 17.7 Å². The van der Waals surface area contributed by atoms with Crippen LogP contribution in [-0.4, -0.2) is 17.7 Å². The molecule has 0 heterocycles. The smallest absolute Gasteiger partial charge is 0.416 e. The average molecular weight is 541 g/mol. The molecule has 8 heteroatoms. The van der Waals surface area contributed by atoms with Crippen molar-refractivity contribution in [3.63, 3.8) is 0 Å². The van der Waals surface area contributed by atoms with E-state index in [1.807, 2.05) is 26.0 Å². The van der Waals surface area contributed by atoms with E-state index >= 15 is 0 Å². The van der Waals surface area contributed by atoms with Gasteiger partial charge in [0.25, 0.3) is 0 Å². The molecule has 0 aromatic heterocycles. The van der Waals surface area contributed by atoms with Gasteiger partial charge in [0.1, 0.15) is 19.0 Å². The Labute approximate surface area is 225 Å². The second-order valence-corrected chi connectivity index (χ2v) is 8.93. The molecule has 0 amide bonds. The van der Waals surface area contributed by atoms with Gasteiger partial charge < -0.3 is 9.47 Å². The van der Waals surface area contributed by atoms with Crippen molar-refractivity contribution < 1.29 is 37.0 Å². The number of ether oxygens (including phenoxy) is 2. The summed E-state index contributed by atoms with van der Waals surface area (Å²) in [6.45, 7) is 3.85. The number of halogens is 3. The third kappa shape index (κ3) is 7.78. The lowest BCUT2D eigenvalue weighted by molar-refractivity contribution is -0.166. The summed E-state index contributed by atoms with van der Waals surface area (Å²) in [5.74, 6) is -5.07. The fraction of sp³-hybridized carbons (Fsp3) is 0.323. The molecule has 1 aliphatic rings. The van der Waals surface area contributed by atoms with Gasteiger partial charge in [-0.2, -0.15) is 13.2 Å². The molecule has 2 unspecified atom stereocenters.